The predicted octanol–water partition coefficient (Wildman–Crippen LogP) is 3.24. The Morgan fingerprint density at radius 2 is 1.96 bits per heavy atom. The largest absolute Gasteiger partial charge is 0.369 e. The summed E-state index contributed by atoms with van der Waals surface area (Å²) >= 11 is 1.59. The molecule has 7 heteroatoms. The summed E-state index contributed by atoms with van der Waals surface area (Å²) in [7, 11) is 0. The number of benzene rings is 1. The molecule has 0 atom stereocenters. The highest BCUT2D eigenvalue weighted by molar-refractivity contribution is 7.13. The minimum atomic E-state index is -0.802. The molecule has 6 nitrogen and oxygen atoms in total. The standard InChI is InChI=1S/C21H22N4O2S/c1-21(2,20(22)27)14-23-18(26)11-10-15-13-25(16-7-4-3-5-8-16)24-19(15)17-9-6-12-28-17/h3-13H,14H2,1-2H3,(H2,22,27)(H,23,26). The number of aromatic nitrogens is 2. The van der Waals surface area contributed by atoms with E-state index in [2.05, 4.69) is 5.32 Å². The maximum Gasteiger partial charge on any atom is 0.244 e. The lowest BCUT2D eigenvalue weighted by Gasteiger charge is -2.19. The Morgan fingerprint density at radius 1 is 1.21 bits per heavy atom. The highest BCUT2D eigenvalue weighted by atomic mass is 32.1. The molecular formula is C21H22N4O2S. The van der Waals surface area contributed by atoms with Crippen molar-refractivity contribution in [3.05, 3.63) is 65.7 Å². The van der Waals surface area contributed by atoms with Gasteiger partial charge in [-0.1, -0.05) is 24.3 Å². The van der Waals surface area contributed by atoms with Crippen molar-refractivity contribution in [2.45, 2.75) is 13.8 Å². The molecular weight excluding hydrogens is 372 g/mol. The van der Waals surface area contributed by atoms with Crippen LogP contribution in [0.15, 0.2) is 60.1 Å². The first-order chi connectivity index (χ1) is 13.4. The van der Waals surface area contributed by atoms with E-state index in [9.17, 15) is 9.59 Å². The number of hydrogen-bond donors (Lipinski definition) is 2. The molecule has 2 heterocycles. The fourth-order valence-electron chi connectivity index (χ4n) is 2.45. The second kappa shape index (κ2) is 8.22. The molecule has 0 spiro atoms. The normalized spacial score (nSPS) is 11.6. The minimum absolute atomic E-state index is 0.173. The maximum absolute atomic E-state index is 12.2. The molecule has 0 saturated carbocycles. The summed E-state index contributed by atoms with van der Waals surface area (Å²) in [4.78, 5) is 24.6. The fraction of sp³-hybridized carbons (Fsp3) is 0.190. The Labute approximate surface area is 167 Å². The third-order valence-electron chi connectivity index (χ3n) is 4.30. The van der Waals surface area contributed by atoms with E-state index in [1.165, 1.54) is 6.08 Å². The molecule has 28 heavy (non-hydrogen) atoms. The molecule has 0 saturated heterocycles. The van der Waals surface area contributed by atoms with Crippen LogP contribution in [0.1, 0.15) is 19.4 Å². The van der Waals surface area contributed by atoms with E-state index in [-0.39, 0.29) is 12.5 Å². The topological polar surface area (TPSA) is 90.0 Å². The zero-order chi connectivity index (χ0) is 20.1. The van der Waals surface area contributed by atoms with Crippen molar-refractivity contribution >= 4 is 29.2 Å². The smallest absolute Gasteiger partial charge is 0.244 e. The summed E-state index contributed by atoms with van der Waals surface area (Å²) in [6.45, 7) is 3.56. The lowest BCUT2D eigenvalue weighted by atomic mass is 9.93. The monoisotopic (exact) mass is 394 g/mol. The number of nitrogens with two attached hydrogens (primary N) is 1. The lowest BCUT2D eigenvalue weighted by molar-refractivity contribution is -0.126. The van der Waals surface area contributed by atoms with Gasteiger partial charge >= 0.3 is 0 Å². The quantitative estimate of drug-likeness (QED) is 0.603. The van der Waals surface area contributed by atoms with Crippen LogP contribution in [0.4, 0.5) is 0 Å². The Kier molecular flexibility index (Phi) is 5.75. The molecule has 0 bridgehead atoms. The molecule has 2 aromatic heterocycles. The number of primary amides is 1. The average molecular weight is 395 g/mol. The van der Waals surface area contributed by atoms with E-state index in [1.54, 1.807) is 35.9 Å². The van der Waals surface area contributed by atoms with Crippen molar-refractivity contribution in [1.29, 1.82) is 0 Å². The molecule has 3 N–H and O–H groups in total. The van der Waals surface area contributed by atoms with Crippen molar-refractivity contribution in [1.82, 2.24) is 15.1 Å². The Balaban J connectivity index is 1.82. The van der Waals surface area contributed by atoms with Crippen LogP contribution in [0.3, 0.4) is 0 Å². The number of thiophene rings is 1. The Morgan fingerprint density at radius 3 is 2.61 bits per heavy atom. The van der Waals surface area contributed by atoms with E-state index in [0.717, 1.165) is 21.8 Å². The fourth-order valence-corrected chi connectivity index (χ4v) is 3.18. The summed E-state index contributed by atoms with van der Waals surface area (Å²) < 4.78 is 1.79. The van der Waals surface area contributed by atoms with Gasteiger partial charge in [-0.15, -0.1) is 11.3 Å². The molecule has 0 aliphatic carbocycles. The number of amides is 2. The highest BCUT2D eigenvalue weighted by Gasteiger charge is 2.25. The van der Waals surface area contributed by atoms with Gasteiger partial charge in [-0.05, 0) is 43.5 Å². The number of carbonyl (C=O) groups excluding carboxylic acids is 2. The molecule has 0 radical (unpaired) electrons. The zero-order valence-electron chi connectivity index (χ0n) is 15.8. The SMILES string of the molecule is CC(C)(CNC(=O)C=Cc1cn(-c2ccccc2)nc1-c1cccs1)C(N)=O. The summed E-state index contributed by atoms with van der Waals surface area (Å²) in [6, 6.07) is 13.7. The molecule has 3 aromatic rings. The highest BCUT2D eigenvalue weighted by Crippen LogP contribution is 2.28. The van der Waals surface area contributed by atoms with Crippen LogP contribution in [0.5, 0.6) is 0 Å². The lowest BCUT2D eigenvalue weighted by Crippen LogP contribution is -2.41. The molecule has 3 rings (SSSR count). The third-order valence-corrected chi connectivity index (χ3v) is 5.18. The van der Waals surface area contributed by atoms with Crippen molar-refractivity contribution in [3.63, 3.8) is 0 Å². The number of carbonyl (C=O) groups is 2. The van der Waals surface area contributed by atoms with Crippen molar-refractivity contribution in [2.75, 3.05) is 6.54 Å². The van der Waals surface area contributed by atoms with E-state index in [1.807, 2.05) is 54.0 Å². The molecule has 0 unspecified atom stereocenters. The summed E-state index contributed by atoms with van der Waals surface area (Å²) in [5.74, 6) is -0.750. The van der Waals surface area contributed by atoms with Gasteiger partial charge in [0.1, 0.15) is 5.69 Å². The summed E-state index contributed by atoms with van der Waals surface area (Å²) in [5.41, 5.74) is 7.11. The molecule has 0 aliphatic heterocycles. The van der Waals surface area contributed by atoms with Crippen LogP contribution in [0.25, 0.3) is 22.3 Å². The van der Waals surface area contributed by atoms with Crippen LogP contribution >= 0.6 is 11.3 Å². The van der Waals surface area contributed by atoms with E-state index in [0.29, 0.717) is 0 Å². The van der Waals surface area contributed by atoms with Crippen molar-refractivity contribution in [3.8, 4) is 16.3 Å². The molecule has 1 aromatic carbocycles. The second-order valence-electron chi connectivity index (χ2n) is 6.99. The number of nitrogens with zero attached hydrogens (tertiary/aromatic N) is 2. The van der Waals surface area contributed by atoms with Gasteiger partial charge in [0.2, 0.25) is 11.8 Å². The number of para-hydroxylation sites is 1. The minimum Gasteiger partial charge on any atom is -0.369 e. The average Bonchev–Trinajstić information content (AvgIpc) is 3.35. The second-order valence-corrected chi connectivity index (χ2v) is 7.94. The molecule has 2 amide bonds. The van der Waals surface area contributed by atoms with Gasteiger partial charge in [0.25, 0.3) is 0 Å². The first-order valence-corrected chi connectivity index (χ1v) is 9.69. The van der Waals surface area contributed by atoms with Gasteiger partial charge in [0, 0.05) is 24.4 Å². The molecule has 0 aliphatic rings. The summed E-state index contributed by atoms with van der Waals surface area (Å²) in [5, 5.41) is 9.40. The first-order valence-electron chi connectivity index (χ1n) is 8.81. The third kappa shape index (κ3) is 4.55. The van der Waals surface area contributed by atoms with Crippen LogP contribution in [0, 0.1) is 5.41 Å². The van der Waals surface area contributed by atoms with E-state index < -0.39 is 11.3 Å². The van der Waals surface area contributed by atoms with E-state index >= 15 is 0 Å². The molecule has 144 valence electrons. The van der Waals surface area contributed by atoms with Crippen molar-refractivity contribution in [2.24, 2.45) is 11.1 Å². The molecule has 0 fully saturated rings. The van der Waals surface area contributed by atoms with Crippen LogP contribution < -0.4 is 11.1 Å². The summed E-state index contributed by atoms with van der Waals surface area (Å²) in [6.07, 6.45) is 5.07. The number of rotatable bonds is 7. The zero-order valence-corrected chi connectivity index (χ0v) is 16.6. The van der Waals surface area contributed by atoms with Crippen LogP contribution in [-0.4, -0.2) is 28.1 Å². The predicted molar refractivity (Wildman–Crippen MR) is 112 cm³/mol. The Bertz CT molecular complexity index is 989. The van der Waals surface area contributed by atoms with Gasteiger partial charge in [-0.3, -0.25) is 9.59 Å². The van der Waals surface area contributed by atoms with Crippen molar-refractivity contribution < 1.29 is 9.59 Å². The van der Waals surface area contributed by atoms with Gasteiger partial charge in [0.05, 0.1) is 16.0 Å². The van der Waals surface area contributed by atoms with Crippen LogP contribution in [0.2, 0.25) is 0 Å². The van der Waals surface area contributed by atoms with Crippen LogP contribution in [-0.2, 0) is 9.59 Å². The number of hydrogen-bond acceptors (Lipinski definition) is 4. The van der Waals surface area contributed by atoms with E-state index in [4.69, 9.17) is 10.8 Å². The first kappa shape index (κ1) is 19.6. The Hall–Kier alpha value is -3.19. The maximum atomic E-state index is 12.2. The van der Waals surface area contributed by atoms with Gasteiger partial charge in [0.15, 0.2) is 0 Å². The van der Waals surface area contributed by atoms with Gasteiger partial charge in [-0.2, -0.15) is 5.10 Å². The number of nitrogens with one attached hydrogen (secondary N) is 1. The van der Waals surface area contributed by atoms with Gasteiger partial charge in [-0.25, -0.2) is 4.68 Å². The van der Waals surface area contributed by atoms with Gasteiger partial charge < -0.3 is 11.1 Å².